The molecular weight excluding hydrogens is 304 g/mol. The van der Waals surface area contributed by atoms with Crippen molar-refractivity contribution in [1.29, 1.82) is 0 Å². The molecule has 0 saturated carbocycles. The monoisotopic (exact) mass is 322 g/mol. The van der Waals surface area contributed by atoms with Gasteiger partial charge in [0.1, 0.15) is 5.01 Å². The number of carbonyl (C=O) groups excluding carboxylic acids is 1. The molecule has 23 heavy (non-hydrogen) atoms. The molecule has 3 rings (SSSR count). The Bertz CT molecular complexity index is 824. The van der Waals surface area contributed by atoms with Gasteiger partial charge in [-0.15, -0.1) is 11.3 Å². The third-order valence-corrected chi connectivity index (χ3v) is 4.71. The maximum absolute atomic E-state index is 12.2. The summed E-state index contributed by atoms with van der Waals surface area (Å²) in [4.78, 5) is 16.8. The van der Waals surface area contributed by atoms with E-state index in [-0.39, 0.29) is 5.91 Å². The van der Waals surface area contributed by atoms with E-state index in [1.807, 2.05) is 67.8 Å². The molecule has 0 aliphatic carbocycles. The van der Waals surface area contributed by atoms with Gasteiger partial charge in [0.2, 0.25) is 0 Å². The molecule has 0 bridgehead atoms. The molecule has 1 amide bonds. The highest BCUT2D eigenvalue weighted by Gasteiger charge is 2.09. The number of aromatic nitrogens is 1. The first-order valence-electron chi connectivity index (χ1n) is 7.49. The normalized spacial score (nSPS) is 10.5. The minimum Gasteiger partial charge on any atom is -0.346 e. The van der Waals surface area contributed by atoms with E-state index in [4.69, 9.17) is 0 Å². The molecule has 4 heteroatoms. The van der Waals surface area contributed by atoms with Gasteiger partial charge in [-0.25, -0.2) is 4.98 Å². The van der Waals surface area contributed by atoms with Crippen molar-refractivity contribution >= 4 is 17.2 Å². The summed E-state index contributed by atoms with van der Waals surface area (Å²) in [6.07, 6.45) is 0. The largest absolute Gasteiger partial charge is 0.346 e. The summed E-state index contributed by atoms with van der Waals surface area (Å²) < 4.78 is 0. The van der Waals surface area contributed by atoms with E-state index in [2.05, 4.69) is 10.3 Å². The van der Waals surface area contributed by atoms with Crippen molar-refractivity contribution in [2.24, 2.45) is 0 Å². The fourth-order valence-electron chi connectivity index (χ4n) is 2.26. The van der Waals surface area contributed by atoms with Crippen LogP contribution in [0.25, 0.3) is 10.6 Å². The van der Waals surface area contributed by atoms with Crippen LogP contribution >= 0.6 is 11.3 Å². The highest BCUT2D eigenvalue weighted by Crippen LogP contribution is 2.23. The van der Waals surface area contributed by atoms with Crippen LogP contribution in [0.1, 0.15) is 27.2 Å². The van der Waals surface area contributed by atoms with Crippen LogP contribution in [0, 0.1) is 13.8 Å². The zero-order valence-corrected chi connectivity index (χ0v) is 14.0. The second-order valence-electron chi connectivity index (χ2n) is 5.49. The molecule has 0 fully saturated rings. The molecular formula is C19H18N2OS. The van der Waals surface area contributed by atoms with E-state index in [0.29, 0.717) is 12.1 Å². The summed E-state index contributed by atoms with van der Waals surface area (Å²) in [6, 6.07) is 15.8. The van der Waals surface area contributed by atoms with Crippen molar-refractivity contribution in [2.75, 3.05) is 0 Å². The quantitative estimate of drug-likeness (QED) is 0.775. The smallest absolute Gasteiger partial charge is 0.251 e. The summed E-state index contributed by atoms with van der Waals surface area (Å²) in [6.45, 7) is 4.49. The second kappa shape index (κ2) is 6.75. The number of aryl methyl sites for hydroxylation is 2. The average molecular weight is 322 g/mol. The van der Waals surface area contributed by atoms with E-state index in [0.717, 1.165) is 21.8 Å². The number of rotatable bonds is 4. The van der Waals surface area contributed by atoms with E-state index >= 15 is 0 Å². The molecule has 2 aromatic carbocycles. The van der Waals surface area contributed by atoms with E-state index in [1.165, 1.54) is 5.56 Å². The lowest BCUT2D eigenvalue weighted by atomic mass is 10.1. The Morgan fingerprint density at radius 3 is 2.61 bits per heavy atom. The predicted octanol–water partition coefficient (Wildman–Crippen LogP) is 4.36. The van der Waals surface area contributed by atoms with Gasteiger partial charge >= 0.3 is 0 Å². The van der Waals surface area contributed by atoms with Crippen LogP contribution < -0.4 is 5.32 Å². The maximum Gasteiger partial charge on any atom is 0.251 e. The number of thiazole rings is 1. The fourth-order valence-corrected chi connectivity index (χ4v) is 3.08. The number of benzene rings is 2. The number of amides is 1. The highest BCUT2D eigenvalue weighted by molar-refractivity contribution is 7.13. The van der Waals surface area contributed by atoms with Crippen LogP contribution in [0.2, 0.25) is 0 Å². The molecule has 3 aromatic rings. The molecule has 3 nitrogen and oxygen atoms in total. The molecule has 116 valence electrons. The summed E-state index contributed by atoms with van der Waals surface area (Å²) >= 11 is 1.59. The molecule has 0 radical (unpaired) electrons. The first kappa shape index (κ1) is 15.4. The van der Waals surface area contributed by atoms with Crippen LogP contribution in [0.15, 0.2) is 53.9 Å². The van der Waals surface area contributed by atoms with Crippen LogP contribution in [-0.4, -0.2) is 10.9 Å². The lowest BCUT2D eigenvalue weighted by Gasteiger charge is -2.06. The third kappa shape index (κ3) is 3.66. The van der Waals surface area contributed by atoms with Crippen molar-refractivity contribution < 1.29 is 4.79 Å². The van der Waals surface area contributed by atoms with Crippen molar-refractivity contribution in [2.45, 2.75) is 20.4 Å². The van der Waals surface area contributed by atoms with Gasteiger partial charge in [0.15, 0.2) is 0 Å². The zero-order valence-electron chi connectivity index (χ0n) is 13.2. The Kier molecular flexibility index (Phi) is 4.53. The van der Waals surface area contributed by atoms with Gasteiger partial charge in [-0.3, -0.25) is 4.79 Å². The van der Waals surface area contributed by atoms with Gasteiger partial charge in [-0.1, -0.05) is 36.4 Å². The summed E-state index contributed by atoms with van der Waals surface area (Å²) in [5, 5.41) is 5.89. The van der Waals surface area contributed by atoms with Crippen LogP contribution in [-0.2, 0) is 6.54 Å². The topological polar surface area (TPSA) is 42.0 Å². The second-order valence-corrected chi connectivity index (χ2v) is 6.35. The molecule has 0 aliphatic rings. The standard InChI is InChI=1S/C19H18N2OS/c1-13-8-9-16(10-14(13)2)18(22)20-11-17-12-23-19(21-17)15-6-4-3-5-7-15/h3-10,12H,11H2,1-2H3,(H,20,22). The number of hydrogen-bond donors (Lipinski definition) is 1. The van der Waals surface area contributed by atoms with E-state index in [9.17, 15) is 4.79 Å². The van der Waals surface area contributed by atoms with Gasteiger partial charge in [0.05, 0.1) is 12.2 Å². The predicted molar refractivity (Wildman–Crippen MR) is 94.6 cm³/mol. The van der Waals surface area contributed by atoms with Crippen molar-refractivity contribution in [3.63, 3.8) is 0 Å². The van der Waals surface area contributed by atoms with Crippen molar-refractivity contribution in [1.82, 2.24) is 10.3 Å². The first-order chi connectivity index (χ1) is 11.1. The maximum atomic E-state index is 12.2. The van der Waals surface area contributed by atoms with Crippen LogP contribution in [0.3, 0.4) is 0 Å². The Morgan fingerprint density at radius 1 is 1.09 bits per heavy atom. The lowest BCUT2D eigenvalue weighted by Crippen LogP contribution is -2.23. The molecule has 1 aromatic heterocycles. The van der Waals surface area contributed by atoms with Crippen molar-refractivity contribution in [3.05, 3.63) is 76.3 Å². The molecule has 0 spiro atoms. The third-order valence-electron chi connectivity index (χ3n) is 3.77. The summed E-state index contributed by atoms with van der Waals surface area (Å²) in [5.41, 5.74) is 4.98. The van der Waals surface area contributed by atoms with E-state index in [1.54, 1.807) is 11.3 Å². The van der Waals surface area contributed by atoms with Gasteiger partial charge in [-0.2, -0.15) is 0 Å². The van der Waals surface area contributed by atoms with Gasteiger partial charge in [0.25, 0.3) is 5.91 Å². The molecule has 0 atom stereocenters. The summed E-state index contributed by atoms with van der Waals surface area (Å²) in [5.74, 6) is -0.0673. The molecule has 0 saturated heterocycles. The fraction of sp³-hybridized carbons (Fsp3) is 0.158. The molecule has 0 unspecified atom stereocenters. The number of nitrogens with zero attached hydrogens (tertiary/aromatic N) is 1. The van der Waals surface area contributed by atoms with Gasteiger partial charge in [-0.05, 0) is 37.1 Å². The Labute approximate surface area is 140 Å². The molecule has 1 heterocycles. The highest BCUT2D eigenvalue weighted by atomic mass is 32.1. The average Bonchev–Trinajstić information content (AvgIpc) is 3.05. The molecule has 1 N–H and O–H groups in total. The first-order valence-corrected chi connectivity index (χ1v) is 8.37. The minimum absolute atomic E-state index is 0.0673. The Hall–Kier alpha value is -2.46. The number of nitrogens with one attached hydrogen (secondary N) is 1. The lowest BCUT2D eigenvalue weighted by molar-refractivity contribution is 0.0950. The van der Waals surface area contributed by atoms with Crippen LogP contribution in [0.5, 0.6) is 0 Å². The Morgan fingerprint density at radius 2 is 1.87 bits per heavy atom. The Balaban J connectivity index is 1.65. The summed E-state index contributed by atoms with van der Waals surface area (Å²) in [7, 11) is 0. The zero-order chi connectivity index (χ0) is 16.2. The van der Waals surface area contributed by atoms with Crippen LogP contribution in [0.4, 0.5) is 0 Å². The number of carbonyl (C=O) groups is 1. The minimum atomic E-state index is -0.0673. The van der Waals surface area contributed by atoms with E-state index < -0.39 is 0 Å². The van der Waals surface area contributed by atoms with Gasteiger partial charge in [0, 0.05) is 16.5 Å². The molecule has 0 aliphatic heterocycles. The van der Waals surface area contributed by atoms with Gasteiger partial charge < -0.3 is 5.32 Å². The van der Waals surface area contributed by atoms with Crippen molar-refractivity contribution in [3.8, 4) is 10.6 Å². The number of hydrogen-bond acceptors (Lipinski definition) is 3. The SMILES string of the molecule is Cc1ccc(C(=O)NCc2csc(-c3ccccc3)n2)cc1C.